The second-order valence-electron chi connectivity index (χ2n) is 14.3. The fourth-order valence-electron chi connectivity index (χ4n) is 5.87. The van der Waals surface area contributed by atoms with Crippen LogP contribution in [0.2, 0.25) is 19.6 Å². The molecule has 0 nitrogen and oxygen atoms in total. The van der Waals surface area contributed by atoms with E-state index < -0.39 is 8.07 Å². The molecule has 0 fully saturated rings. The van der Waals surface area contributed by atoms with Gasteiger partial charge in [-0.05, 0) is 97.9 Å². The molecule has 0 aliphatic rings. The predicted octanol–water partition coefficient (Wildman–Crippen LogP) is 13.6. The third-order valence-corrected chi connectivity index (χ3v) is 10.3. The van der Waals surface area contributed by atoms with Crippen LogP contribution >= 0.6 is 15.9 Å². The van der Waals surface area contributed by atoms with Crippen molar-refractivity contribution in [1.82, 2.24) is 0 Å². The van der Waals surface area contributed by atoms with Gasteiger partial charge in [0.25, 0.3) is 0 Å². The lowest BCUT2D eigenvalue weighted by Crippen LogP contribution is -2.16. The van der Waals surface area contributed by atoms with E-state index in [9.17, 15) is 0 Å². The van der Waals surface area contributed by atoms with Gasteiger partial charge in [0.1, 0.15) is 8.07 Å². The van der Waals surface area contributed by atoms with Gasteiger partial charge in [0.2, 0.25) is 0 Å². The number of hydrogen-bond acceptors (Lipinski definition) is 0. The minimum absolute atomic E-state index is 1.09. The number of hydrogen-bond donors (Lipinski definition) is 0. The summed E-state index contributed by atoms with van der Waals surface area (Å²) in [6.45, 7) is 16.2. The molecule has 0 saturated heterocycles. The Labute approximate surface area is 289 Å². The van der Waals surface area contributed by atoms with Crippen LogP contribution in [0.4, 0.5) is 0 Å². The zero-order valence-electron chi connectivity index (χ0n) is 30.3. The summed E-state index contributed by atoms with van der Waals surface area (Å²) < 4.78 is 1.27. The summed E-state index contributed by atoms with van der Waals surface area (Å²) >= 11 is 3.94. The van der Waals surface area contributed by atoms with Crippen molar-refractivity contribution in [1.29, 1.82) is 0 Å². The Morgan fingerprint density at radius 3 is 1.16 bits per heavy atom. The molecule has 2 heteroatoms. The first kappa shape index (κ1) is 39.4. The third-order valence-electron chi connectivity index (χ3n) is 8.70. The van der Waals surface area contributed by atoms with Gasteiger partial charge in [0.05, 0.1) is 0 Å². The van der Waals surface area contributed by atoms with Gasteiger partial charge in [-0.1, -0.05) is 158 Å². The van der Waals surface area contributed by atoms with Crippen LogP contribution in [0, 0.1) is 23.3 Å². The summed E-state index contributed by atoms with van der Waals surface area (Å²) in [5.74, 6) is 11.2. The van der Waals surface area contributed by atoms with Crippen molar-refractivity contribution < 1.29 is 0 Å². The van der Waals surface area contributed by atoms with Gasteiger partial charge in [0, 0.05) is 21.2 Å². The minimum Gasteiger partial charge on any atom is -0.127 e. The molecular weight excluding hydrogens is 624 g/mol. The molecule has 2 aromatic rings. The van der Waals surface area contributed by atoms with Crippen molar-refractivity contribution in [2.24, 2.45) is 0 Å². The van der Waals surface area contributed by atoms with E-state index in [0.717, 1.165) is 25.7 Å². The van der Waals surface area contributed by atoms with E-state index in [2.05, 4.69) is 111 Å². The SMILES string of the molecule is CCCCCCc1cc(C#Cc2cc(CCCCCC)c(C#C[Si](C)(C)C)cc2CCCCCC)c(CCCCCC)cc1Br. The normalized spacial score (nSPS) is 11.2. The number of unbranched alkanes of at least 4 members (excludes halogenated alkanes) is 12. The Kier molecular flexibility index (Phi) is 19.9. The Bertz CT molecular complexity index is 1260. The van der Waals surface area contributed by atoms with E-state index in [1.807, 2.05) is 0 Å². The highest BCUT2D eigenvalue weighted by Crippen LogP contribution is 2.27. The Morgan fingerprint density at radius 2 is 0.778 bits per heavy atom. The van der Waals surface area contributed by atoms with Gasteiger partial charge < -0.3 is 0 Å². The number of halogens is 1. The van der Waals surface area contributed by atoms with Crippen LogP contribution < -0.4 is 0 Å². The van der Waals surface area contributed by atoms with Crippen molar-refractivity contribution in [3.8, 4) is 23.3 Å². The molecule has 0 atom stereocenters. The van der Waals surface area contributed by atoms with Crippen molar-refractivity contribution in [2.75, 3.05) is 0 Å². The Balaban J connectivity index is 2.59. The molecule has 0 amide bonds. The highest BCUT2D eigenvalue weighted by Gasteiger charge is 2.12. The average Bonchev–Trinajstić information content (AvgIpc) is 3.01. The van der Waals surface area contributed by atoms with Crippen molar-refractivity contribution >= 4 is 24.0 Å². The van der Waals surface area contributed by atoms with E-state index in [0.29, 0.717) is 0 Å². The molecule has 0 saturated carbocycles. The molecule has 2 rings (SSSR count). The smallest absolute Gasteiger partial charge is 0.127 e. The molecule has 0 unspecified atom stereocenters. The zero-order valence-corrected chi connectivity index (χ0v) is 32.9. The number of aryl methyl sites for hydroxylation is 4. The first-order valence-electron chi connectivity index (χ1n) is 18.7. The summed E-state index contributed by atoms with van der Waals surface area (Å²) in [6, 6.07) is 9.68. The maximum Gasteiger partial charge on any atom is 0.129 e. The molecule has 45 heavy (non-hydrogen) atoms. The molecule has 0 spiro atoms. The molecule has 0 aromatic heterocycles. The predicted molar refractivity (Wildman–Crippen MR) is 208 cm³/mol. The second kappa shape index (κ2) is 22.7. The van der Waals surface area contributed by atoms with Crippen LogP contribution in [-0.4, -0.2) is 8.07 Å². The highest BCUT2D eigenvalue weighted by molar-refractivity contribution is 9.10. The van der Waals surface area contributed by atoms with Crippen molar-refractivity contribution in [3.63, 3.8) is 0 Å². The molecule has 0 N–H and O–H groups in total. The third kappa shape index (κ3) is 16.1. The molecule has 0 heterocycles. The first-order valence-corrected chi connectivity index (χ1v) is 23.0. The van der Waals surface area contributed by atoms with Gasteiger partial charge in [0.15, 0.2) is 0 Å². The van der Waals surface area contributed by atoms with Crippen LogP contribution in [0.15, 0.2) is 28.7 Å². The summed E-state index contributed by atoms with van der Waals surface area (Å²) in [5.41, 5.74) is 13.1. The van der Waals surface area contributed by atoms with E-state index in [1.54, 1.807) is 0 Å². The number of rotatable bonds is 20. The second-order valence-corrected chi connectivity index (χ2v) is 19.9. The molecule has 248 valence electrons. The lowest BCUT2D eigenvalue weighted by molar-refractivity contribution is 0.662. The largest absolute Gasteiger partial charge is 0.129 e. The quantitative estimate of drug-likeness (QED) is 0.0737. The monoisotopic (exact) mass is 688 g/mol. The van der Waals surface area contributed by atoms with Gasteiger partial charge >= 0.3 is 0 Å². The topological polar surface area (TPSA) is 0 Å². The fourth-order valence-corrected chi connectivity index (χ4v) is 6.97. The molecule has 0 aliphatic carbocycles. The van der Waals surface area contributed by atoms with Gasteiger partial charge in [-0.15, -0.1) is 5.54 Å². The minimum atomic E-state index is -1.47. The summed E-state index contributed by atoms with van der Waals surface area (Å²) in [5, 5.41) is 0. The fraction of sp³-hybridized carbons (Fsp3) is 0.628. The zero-order chi connectivity index (χ0) is 32.9. The Hall–Kier alpha value is -1.74. The van der Waals surface area contributed by atoms with Gasteiger partial charge in [-0.3, -0.25) is 0 Å². The van der Waals surface area contributed by atoms with E-state index in [4.69, 9.17) is 0 Å². The summed E-state index contributed by atoms with van der Waals surface area (Å²) in [6.07, 6.45) is 24.9. The molecular formula is C43H65BrSi. The molecule has 0 bridgehead atoms. The van der Waals surface area contributed by atoms with Crippen LogP contribution in [0.5, 0.6) is 0 Å². The van der Waals surface area contributed by atoms with Crippen molar-refractivity contribution in [2.45, 2.75) is 176 Å². The maximum absolute atomic E-state index is 3.94. The van der Waals surface area contributed by atoms with E-state index >= 15 is 0 Å². The molecule has 0 aliphatic heterocycles. The first-order chi connectivity index (χ1) is 21.7. The van der Waals surface area contributed by atoms with Gasteiger partial charge in [-0.2, -0.15) is 0 Å². The maximum atomic E-state index is 3.94. The highest BCUT2D eigenvalue weighted by atomic mass is 79.9. The standard InChI is InChI=1S/C43H65BrSi/c1-8-12-16-20-24-36-33-41(30-31-45(5,6)7)37(25-21-17-13-9-2)32-39(36)28-29-40-34-42(27-23-19-15-11-4)43(44)35-38(40)26-22-18-14-10-3/h32-35H,8-27H2,1-7H3. The Morgan fingerprint density at radius 1 is 0.444 bits per heavy atom. The number of benzene rings is 2. The molecule has 0 radical (unpaired) electrons. The molecule has 2 aromatic carbocycles. The van der Waals surface area contributed by atoms with Gasteiger partial charge in [-0.25, -0.2) is 0 Å². The van der Waals surface area contributed by atoms with Crippen LogP contribution in [-0.2, 0) is 25.7 Å². The average molecular weight is 690 g/mol. The summed E-state index contributed by atoms with van der Waals surface area (Å²) in [4.78, 5) is 0. The van der Waals surface area contributed by atoms with Crippen LogP contribution in [0.3, 0.4) is 0 Å². The lowest BCUT2D eigenvalue weighted by Gasteiger charge is -2.13. The van der Waals surface area contributed by atoms with Crippen LogP contribution in [0.1, 0.15) is 169 Å². The van der Waals surface area contributed by atoms with E-state index in [1.165, 1.54) is 146 Å². The summed E-state index contributed by atoms with van der Waals surface area (Å²) in [7, 11) is -1.47. The lowest BCUT2D eigenvalue weighted by atomic mass is 9.92. The van der Waals surface area contributed by atoms with Crippen molar-refractivity contribution in [3.05, 3.63) is 67.7 Å². The van der Waals surface area contributed by atoms with Crippen LogP contribution in [0.25, 0.3) is 0 Å². The van der Waals surface area contributed by atoms with E-state index in [-0.39, 0.29) is 0 Å².